The lowest BCUT2D eigenvalue weighted by molar-refractivity contribution is -0.144. The Bertz CT molecular complexity index is 227. The van der Waals surface area contributed by atoms with E-state index in [0.29, 0.717) is 12.0 Å². The van der Waals surface area contributed by atoms with Gasteiger partial charge in [-0.3, -0.25) is 4.79 Å². The van der Waals surface area contributed by atoms with Crippen molar-refractivity contribution in [2.45, 2.75) is 57.5 Å². The third kappa shape index (κ3) is 2.97. The smallest absolute Gasteiger partial charge is 0.306 e. The van der Waals surface area contributed by atoms with Gasteiger partial charge in [0.2, 0.25) is 0 Å². The molecule has 2 fully saturated rings. The molecular weight excluding hydrogens is 204 g/mol. The van der Waals surface area contributed by atoms with Gasteiger partial charge in [0.15, 0.2) is 0 Å². The monoisotopic (exact) mass is 226 g/mol. The molecule has 1 N–H and O–H groups in total. The van der Waals surface area contributed by atoms with Gasteiger partial charge in [0.1, 0.15) is 0 Å². The third-order valence-electron chi connectivity index (χ3n) is 4.11. The van der Waals surface area contributed by atoms with Crippen LogP contribution >= 0.6 is 0 Å². The maximum absolute atomic E-state index is 11.3. The van der Waals surface area contributed by atoms with Crippen molar-refractivity contribution in [1.29, 1.82) is 0 Å². The molecule has 0 bridgehead atoms. The predicted molar refractivity (Wildman–Crippen MR) is 61.3 cm³/mol. The van der Waals surface area contributed by atoms with Gasteiger partial charge in [-0.15, -0.1) is 0 Å². The van der Waals surface area contributed by atoms with E-state index in [9.17, 15) is 9.90 Å². The number of hydrogen-bond donors (Lipinski definition) is 1. The number of ether oxygens (including phenoxy) is 1. The molecule has 92 valence electrons. The summed E-state index contributed by atoms with van der Waals surface area (Å²) in [6.45, 7) is 0.867. The van der Waals surface area contributed by atoms with E-state index in [1.54, 1.807) is 0 Å². The second kappa shape index (κ2) is 5.67. The zero-order valence-corrected chi connectivity index (χ0v) is 9.86. The van der Waals surface area contributed by atoms with Crippen LogP contribution in [0.5, 0.6) is 0 Å². The highest BCUT2D eigenvalue weighted by Gasteiger charge is 2.31. The summed E-state index contributed by atoms with van der Waals surface area (Å²) in [6, 6.07) is 0. The summed E-state index contributed by atoms with van der Waals surface area (Å²) in [4.78, 5) is 11.3. The van der Waals surface area contributed by atoms with E-state index in [1.807, 2.05) is 0 Å². The molecule has 1 aliphatic heterocycles. The first-order valence-electron chi connectivity index (χ1n) is 6.62. The molecule has 0 amide bonds. The van der Waals surface area contributed by atoms with Gasteiger partial charge in [-0.05, 0) is 44.4 Å². The summed E-state index contributed by atoms with van der Waals surface area (Å²) >= 11 is 0. The van der Waals surface area contributed by atoms with E-state index in [2.05, 4.69) is 0 Å². The number of carboxylic acid groups (broad SMARTS) is 1. The Morgan fingerprint density at radius 1 is 1.25 bits per heavy atom. The number of hydrogen-bond acceptors (Lipinski definition) is 2. The minimum Gasteiger partial charge on any atom is -0.481 e. The summed E-state index contributed by atoms with van der Waals surface area (Å²) in [5.74, 6) is -0.282. The Morgan fingerprint density at radius 3 is 2.56 bits per heavy atom. The second-order valence-corrected chi connectivity index (χ2v) is 5.20. The fourth-order valence-electron chi connectivity index (χ4n) is 3.16. The highest BCUT2D eigenvalue weighted by atomic mass is 16.5. The third-order valence-corrected chi connectivity index (χ3v) is 4.11. The van der Waals surface area contributed by atoms with Gasteiger partial charge in [-0.1, -0.05) is 12.8 Å². The van der Waals surface area contributed by atoms with Gasteiger partial charge >= 0.3 is 5.97 Å². The van der Waals surface area contributed by atoms with Crippen molar-refractivity contribution in [2.24, 2.45) is 11.8 Å². The lowest BCUT2D eigenvalue weighted by Gasteiger charge is -2.20. The van der Waals surface area contributed by atoms with Crippen LogP contribution in [0.2, 0.25) is 0 Å². The van der Waals surface area contributed by atoms with Crippen molar-refractivity contribution in [3.63, 3.8) is 0 Å². The molecule has 2 rings (SSSR count). The largest absolute Gasteiger partial charge is 0.481 e. The Hall–Kier alpha value is -0.570. The number of carboxylic acids is 1. The minimum absolute atomic E-state index is 0.119. The Labute approximate surface area is 97.2 Å². The summed E-state index contributed by atoms with van der Waals surface area (Å²) in [7, 11) is 0. The molecule has 1 saturated carbocycles. The quantitative estimate of drug-likeness (QED) is 0.784. The van der Waals surface area contributed by atoms with Crippen LogP contribution < -0.4 is 0 Å². The number of aliphatic carboxylic acids is 1. The van der Waals surface area contributed by atoms with Crippen LogP contribution in [0.1, 0.15) is 51.4 Å². The fourth-order valence-corrected chi connectivity index (χ4v) is 3.16. The molecular formula is C13H22O3. The molecule has 2 aliphatic rings. The maximum Gasteiger partial charge on any atom is 0.306 e. The highest BCUT2D eigenvalue weighted by molar-refractivity contribution is 5.70. The SMILES string of the molecule is O=C(O)C(CCC1CCCO1)C1CCCC1. The Balaban J connectivity index is 1.79. The van der Waals surface area contributed by atoms with Crippen molar-refractivity contribution in [3.8, 4) is 0 Å². The van der Waals surface area contributed by atoms with Crippen LogP contribution in [-0.2, 0) is 9.53 Å². The Morgan fingerprint density at radius 2 is 2.00 bits per heavy atom. The Kier molecular flexibility index (Phi) is 4.22. The fraction of sp³-hybridized carbons (Fsp3) is 0.923. The van der Waals surface area contributed by atoms with E-state index in [0.717, 1.165) is 45.1 Å². The maximum atomic E-state index is 11.3. The van der Waals surface area contributed by atoms with Gasteiger partial charge in [0, 0.05) is 6.61 Å². The van der Waals surface area contributed by atoms with Crippen LogP contribution in [0.15, 0.2) is 0 Å². The first kappa shape index (κ1) is 11.9. The standard InChI is InChI=1S/C13H22O3/c14-13(15)12(10-4-1-2-5-10)8-7-11-6-3-9-16-11/h10-12H,1-9H2,(H,14,15). The van der Waals surface area contributed by atoms with Gasteiger partial charge < -0.3 is 9.84 Å². The summed E-state index contributed by atoms with van der Waals surface area (Å²) in [5.41, 5.74) is 0. The van der Waals surface area contributed by atoms with E-state index in [4.69, 9.17) is 4.74 Å². The van der Waals surface area contributed by atoms with Crippen LogP contribution in [0.4, 0.5) is 0 Å². The molecule has 2 atom stereocenters. The van der Waals surface area contributed by atoms with E-state index < -0.39 is 5.97 Å². The first-order valence-corrected chi connectivity index (χ1v) is 6.62. The molecule has 3 nitrogen and oxygen atoms in total. The average molecular weight is 226 g/mol. The minimum atomic E-state index is -0.593. The van der Waals surface area contributed by atoms with Gasteiger partial charge in [-0.2, -0.15) is 0 Å². The normalized spacial score (nSPS) is 28.4. The van der Waals surface area contributed by atoms with Crippen molar-refractivity contribution < 1.29 is 14.6 Å². The predicted octanol–water partition coefficient (Wildman–Crippen LogP) is 2.84. The van der Waals surface area contributed by atoms with Crippen LogP contribution in [0.3, 0.4) is 0 Å². The highest BCUT2D eigenvalue weighted by Crippen LogP contribution is 2.34. The number of rotatable bonds is 5. The van der Waals surface area contributed by atoms with Gasteiger partial charge in [0.25, 0.3) is 0 Å². The first-order chi connectivity index (χ1) is 7.77. The molecule has 1 aliphatic carbocycles. The topological polar surface area (TPSA) is 46.5 Å². The average Bonchev–Trinajstić information content (AvgIpc) is 2.88. The van der Waals surface area contributed by atoms with Crippen LogP contribution in [-0.4, -0.2) is 23.8 Å². The molecule has 0 spiro atoms. The molecule has 2 unspecified atom stereocenters. The van der Waals surface area contributed by atoms with Crippen molar-refractivity contribution >= 4 is 5.97 Å². The van der Waals surface area contributed by atoms with E-state index in [-0.39, 0.29) is 5.92 Å². The van der Waals surface area contributed by atoms with Crippen LogP contribution in [0, 0.1) is 11.8 Å². The zero-order valence-electron chi connectivity index (χ0n) is 9.86. The second-order valence-electron chi connectivity index (χ2n) is 5.20. The van der Waals surface area contributed by atoms with E-state index >= 15 is 0 Å². The molecule has 0 radical (unpaired) electrons. The molecule has 1 saturated heterocycles. The van der Waals surface area contributed by atoms with Crippen molar-refractivity contribution in [1.82, 2.24) is 0 Å². The zero-order chi connectivity index (χ0) is 11.4. The summed E-state index contributed by atoms with van der Waals surface area (Å²) in [6.07, 6.45) is 9.01. The van der Waals surface area contributed by atoms with E-state index in [1.165, 1.54) is 12.8 Å². The molecule has 0 aromatic carbocycles. The molecule has 0 aromatic rings. The van der Waals surface area contributed by atoms with Crippen molar-refractivity contribution in [3.05, 3.63) is 0 Å². The van der Waals surface area contributed by atoms with Gasteiger partial charge in [-0.25, -0.2) is 0 Å². The summed E-state index contributed by atoms with van der Waals surface area (Å²) < 4.78 is 5.55. The van der Waals surface area contributed by atoms with Crippen LogP contribution in [0.25, 0.3) is 0 Å². The molecule has 3 heteroatoms. The number of carbonyl (C=O) groups is 1. The lowest BCUT2D eigenvalue weighted by atomic mass is 9.86. The molecule has 1 heterocycles. The summed E-state index contributed by atoms with van der Waals surface area (Å²) in [5, 5.41) is 9.27. The van der Waals surface area contributed by atoms with Gasteiger partial charge in [0.05, 0.1) is 12.0 Å². The molecule has 0 aromatic heterocycles. The lowest BCUT2D eigenvalue weighted by Crippen LogP contribution is -2.23. The molecule has 16 heavy (non-hydrogen) atoms. The van der Waals surface area contributed by atoms with Crippen molar-refractivity contribution in [2.75, 3.05) is 6.61 Å².